The van der Waals surface area contributed by atoms with Crippen LogP contribution in [0.25, 0.3) is 10.9 Å². The van der Waals surface area contributed by atoms with Gasteiger partial charge in [-0.3, -0.25) is 9.48 Å². The molecule has 0 aliphatic rings. The van der Waals surface area contributed by atoms with Crippen LogP contribution in [0.3, 0.4) is 0 Å². The first-order chi connectivity index (χ1) is 9.04. The number of aromatic nitrogens is 2. The Morgan fingerprint density at radius 1 is 1.53 bits per heavy atom. The normalized spacial score (nSPS) is 11.2. The molecular formula is C13H14BrIN2O2. The van der Waals surface area contributed by atoms with Gasteiger partial charge in [-0.05, 0) is 64.0 Å². The number of carbonyl (C=O) groups is 1. The van der Waals surface area contributed by atoms with Gasteiger partial charge in [-0.15, -0.1) is 0 Å². The van der Waals surface area contributed by atoms with E-state index in [9.17, 15) is 4.79 Å². The van der Waals surface area contributed by atoms with Gasteiger partial charge < -0.3 is 4.74 Å². The minimum absolute atomic E-state index is 0.0700. The van der Waals surface area contributed by atoms with Crippen LogP contribution in [0.4, 0.5) is 0 Å². The van der Waals surface area contributed by atoms with Crippen LogP contribution in [0.1, 0.15) is 23.7 Å². The highest BCUT2D eigenvalue weighted by molar-refractivity contribution is 14.1. The Kier molecular flexibility index (Phi) is 4.97. The minimum Gasteiger partial charge on any atom is -0.385 e. The Balaban J connectivity index is 2.50. The Morgan fingerprint density at radius 2 is 2.26 bits per heavy atom. The Bertz CT molecular complexity index is 625. The van der Waals surface area contributed by atoms with Crippen molar-refractivity contribution in [2.45, 2.75) is 19.9 Å². The summed E-state index contributed by atoms with van der Waals surface area (Å²) in [5.41, 5.74) is 1.71. The van der Waals surface area contributed by atoms with E-state index in [4.69, 9.17) is 4.74 Å². The predicted octanol–water partition coefficient (Wildman–Crippen LogP) is 3.64. The monoisotopic (exact) mass is 436 g/mol. The molecule has 2 aromatic rings. The standard InChI is InChI=1S/C13H14BrIN2O2/c1-8(18)9-6-10(15)12-11(7-9)17(16-13(12)14)4-3-5-19-2/h6-7H,3-5H2,1-2H3. The summed E-state index contributed by atoms with van der Waals surface area (Å²) in [6.45, 7) is 3.05. The molecular weight excluding hydrogens is 423 g/mol. The third kappa shape index (κ3) is 3.17. The van der Waals surface area contributed by atoms with E-state index in [2.05, 4.69) is 43.6 Å². The molecule has 1 heterocycles. The number of ketones is 1. The maximum atomic E-state index is 11.6. The van der Waals surface area contributed by atoms with E-state index in [1.54, 1.807) is 14.0 Å². The molecule has 4 nitrogen and oxygen atoms in total. The smallest absolute Gasteiger partial charge is 0.159 e. The van der Waals surface area contributed by atoms with Crippen LogP contribution in [0.2, 0.25) is 0 Å². The highest BCUT2D eigenvalue weighted by atomic mass is 127. The molecule has 0 unspecified atom stereocenters. The third-order valence-corrected chi connectivity index (χ3v) is 4.29. The lowest BCUT2D eigenvalue weighted by Gasteiger charge is -2.05. The van der Waals surface area contributed by atoms with Crippen molar-refractivity contribution in [3.63, 3.8) is 0 Å². The molecule has 0 atom stereocenters. The number of benzene rings is 1. The van der Waals surface area contributed by atoms with Crippen LogP contribution < -0.4 is 0 Å². The summed E-state index contributed by atoms with van der Waals surface area (Å²) in [5, 5.41) is 5.54. The fraction of sp³-hybridized carbons (Fsp3) is 0.385. The highest BCUT2D eigenvalue weighted by Gasteiger charge is 2.14. The van der Waals surface area contributed by atoms with Gasteiger partial charge in [0.2, 0.25) is 0 Å². The van der Waals surface area contributed by atoms with Crippen molar-refractivity contribution in [2.24, 2.45) is 0 Å². The maximum Gasteiger partial charge on any atom is 0.159 e. The molecule has 6 heteroatoms. The summed E-state index contributed by atoms with van der Waals surface area (Å²) in [4.78, 5) is 11.6. The summed E-state index contributed by atoms with van der Waals surface area (Å²) in [7, 11) is 1.69. The number of methoxy groups -OCH3 is 1. The van der Waals surface area contributed by atoms with Crippen molar-refractivity contribution in [2.75, 3.05) is 13.7 Å². The van der Waals surface area contributed by atoms with E-state index < -0.39 is 0 Å². The SMILES string of the molecule is COCCCn1nc(Br)c2c(I)cc(C(C)=O)cc21. The van der Waals surface area contributed by atoms with Crippen LogP contribution in [0.15, 0.2) is 16.7 Å². The molecule has 2 rings (SSSR count). The van der Waals surface area contributed by atoms with Crippen molar-refractivity contribution in [3.8, 4) is 0 Å². The lowest BCUT2D eigenvalue weighted by molar-refractivity contribution is 0.101. The molecule has 0 amide bonds. The zero-order valence-corrected chi connectivity index (χ0v) is 14.5. The Labute approximate surface area is 133 Å². The second-order valence-corrected chi connectivity index (χ2v) is 6.18. The molecule has 0 spiro atoms. The van der Waals surface area contributed by atoms with Crippen molar-refractivity contribution >= 4 is 55.2 Å². The maximum absolute atomic E-state index is 11.6. The van der Waals surface area contributed by atoms with Gasteiger partial charge in [-0.1, -0.05) is 0 Å². The number of ether oxygens (including phenoxy) is 1. The van der Waals surface area contributed by atoms with Gasteiger partial charge in [0.25, 0.3) is 0 Å². The van der Waals surface area contributed by atoms with Crippen molar-refractivity contribution in [1.82, 2.24) is 9.78 Å². The largest absolute Gasteiger partial charge is 0.385 e. The molecule has 19 heavy (non-hydrogen) atoms. The third-order valence-electron chi connectivity index (χ3n) is 2.89. The summed E-state index contributed by atoms with van der Waals surface area (Å²) in [6.07, 6.45) is 0.889. The number of hydrogen-bond acceptors (Lipinski definition) is 3. The van der Waals surface area contributed by atoms with Gasteiger partial charge in [-0.2, -0.15) is 5.10 Å². The second-order valence-electron chi connectivity index (χ2n) is 4.27. The first-order valence-electron chi connectivity index (χ1n) is 5.90. The number of aryl methyl sites for hydroxylation is 1. The lowest BCUT2D eigenvalue weighted by atomic mass is 10.1. The molecule has 102 valence electrons. The number of nitrogens with zero attached hydrogens (tertiary/aromatic N) is 2. The van der Waals surface area contributed by atoms with Gasteiger partial charge in [0.05, 0.1) is 5.52 Å². The van der Waals surface area contributed by atoms with E-state index in [0.29, 0.717) is 6.61 Å². The van der Waals surface area contributed by atoms with Gasteiger partial charge in [0.15, 0.2) is 5.78 Å². The molecule has 0 saturated carbocycles. The van der Waals surface area contributed by atoms with Crippen LogP contribution in [-0.4, -0.2) is 29.3 Å². The summed E-state index contributed by atoms with van der Waals surface area (Å²) >= 11 is 5.73. The topological polar surface area (TPSA) is 44.1 Å². The molecule has 0 saturated heterocycles. The summed E-state index contributed by atoms with van der Waals surface area (Å²) in [5.74, 6) is 0.0700. The average molecular weight is 437 g/mol. The molecule has 0 aliphatic carbocycles. The molecule has 0 bridgehead atoms. The Hall–Kier alpha value is -0.470. The molecule has 0 radical (unpaired) electrons. The molecule has 0 N–H and O–H groups in total. The first-order valence-corrected chi connectivity index (χ1v) is 7.77. The predicted molar refractivity (Wildman–Crippen MR) is 86.6 cm³/mol. The van der Waals surface area contributed by atoms with E-state index in [1.807, 2.05) is 16.8 Å². The molecule has 0 aliphatic heterocycles. The fourth-order valence-corrected chi connectivity index (χ4v) is 3.79. The van der Waals surface area contributed by atoms with Crippen molar-refractivity contribution < 1.29 is 9.53 Å². The summed E-state index contributed by atoms with van der Waals surface area (Å²) in [6, 6.07) is 3.81. The van der Waals surface area contributed by atoms with Crippen LogP contribution in [0, 0.1) is 3.57 Å². The van der Waals surface area contributed by atoms with Gasteiger partial charge in [-0.25, -0.2) is 0 Å². The Morgan fingerprint density at radius 3 is 2.89 bits per heavy atom. The van der Waals surface area contributed by atoms with Crippen molar-refractivity contribution in [3.05, 3.63) is 25.9 Å². The first kappa shape index (κ1) is 14.9. The van der Waals surface area contributed by atoms with Crippen LogP contribution >= 0.6 is 38.5 Å². The minimum atomic E-state index is 0.0700. The van der Waals surface area contributed by atoms with E-state index in [-0.39, 0.29) is 5.78 Å². The molecule has 0 fully saturated rings. The lowest BCUT2D eigenvalue weighted by Crippen LogP contribution is -2.04. The number of Topliss-reactive ketones (excluding diaryl/α,β-unsaturated/α-hetero) is 1. The zero-order valence-electron chi connectivity index (χ0n) is 10.7. The van der Waals surface area contributed by atoms with Gasteiger partial charge in [0, 0.05) is 34.8 Å². The number of rotatable bonds is 5. The second kappa shape index (κ2) is 6.32. The number of hydrogen-bond donors (Lipinski definition) is 0. The number of halogens is 2. The molecule has 1 aromatic heterocycles. The quantitative estimate of drug-likeness (QED) is 0.408. The van der Waals surface area contributed by atoms with E-state index in [1.165, 1.54) is 0 Å². The van der Waals surface area contributed by atoms with Gasteiger partial charge >= 0.3 is 0 Å². The average Bonchev–Trinajstić information content (AvgIpc) is 2.67. The van der Waals surface area contributed by atoms with Crippen LogP contribution in [0.5, 0.6) is 0 Å². The molecule has 1 aromatic carbocycles. The zero-order chi connectivity index (χ0) is 14.0. The summed E-state index contributed by atoms with van der Waals surface area (Å²) < 4.78 is 8.83. The number of carbonyl (C=O) groups excluding carboxylic acids is 1. The van der Waals surface area contributed by atoms with Crippen LogP contribution in [-0.2, 0) is 11.3 Å². The van der Waals surface area contributed by atoms with E-state index in [0.717, 1.165) is 37.6 Å². The number of fused-ring (bicyclic) bond motifs is 1. The van der Waals surface area contributed by atoms with Gasteiger partial charge in [0.1, 0.15) is 4.60 Å². The highest BCUT2D eigenvalue weighted by Crippen LogP contribution is 2.29. The fourth-order valence-electron chi connectivity index (χ4n) is 1.94. The van der Waals surface area contributed by atoms with E-state index >= 15 is 0 Å². The van der Waals surface area contributed by atoms with Crippen molar-refractivity contribution in [1.29, 1.82) is 0 Å².